The number of aromatic nitrogens is 4. The van der Waals surface area contributed by atoms with Crippen molar-refractivity contribution in [3.05, 3.63) is 34.6 Å². The van der Waals surface area contributed by atoms with Gasteiger partial charge in [0.05, 0.1) is 32.7 Å². The highest BCUT2D eigenvalue weighted by Crippen LogP contribution is 2.46. The van der Waals surface area contributed by atoms with Crippen LogP contribution in [-0.2, 0) is 4.79 Å². The predicted octanol–water partition coefficient (Wildman–Crippen LogP) is 3.13. The number of hydrogen-bond donors (Lipinski definition) is 3. The number of amides is 1. The molecular formula is C18H17ClN6OS. The fourth-order valence-corrected chi connectivity index (χ4v) is 5.16. The number of carbonyl (C=O) groups is 1. The second kappa shape index (κ2) is 6.03. The molecule has 0 radical (unpaired) electrons. The van der Waals surface area contributed by atoms with E-state index in [1.54, 1.807) is 23.7 Å². The number of thiazole rings is 1. The zero-order chi connectivity index (χ0) is 18.7. The maximum absolute atomic E-state index is 12.0. The molecule has 7 nitrogen and oxygen atoms in total. The fourth-order valence-electron chi connectivity index (χ4n) is 4.24. The minimum absolute atomic E-state index is 0.0852. The van der Waals surface area contributed by atoms with Crippen LogP contribution in [0.3, 0.4) is 0 Å². The Morgan fingerprint density at radius 2 is 2.15 bits per heavy atom. The molecule has 1 fully saturated rings. The molecule has 4 N–H and O–H groups in total. The molecule has 5 rings (SSSR count). The van der Waals surface area contributed by atoms with E-state index in [1.807, 2.05) is 6.92 Å². The van der Waals surface area contributed by atoms with Gasteiger partial charge in [0, 0.05) is 12.2 Å². The third-order valence-corrected chi connectivity index (χ3v) is 6.63. The molecule has 0 aromatic carbocycles. The predicted molar refractivity (Wildman–Crippen MR) is 106 cm³/mol. The summed E-state index contributed by atoms with van der Waals surface area (Å²) in [5, 5.41) is 4.92. The van der Waals surface area contributed by atoms with Gasteiger partial charge in [0.15, 0.2) is 11.5 Å². The van der Waals surface area contributed by atoms with Crippen molar-refractivity contribution < 1.29 is 4.79 Å². The van der Waals surface area contributed by atoms with Crippen LogP contribution in [0, 0.1) is 24.7 Å². The summed E-state index contributed by atoms with van der Waals surface area (Å²) in [6.07, 6.45) is 8.56. The summed E-state index contributed by atoms with van der Waals surface area (Å²) in [5.41, 5.74) is 7.67. The van der Waals surface area contributed by atoms with Crippen LogP contribution in [0.15, 0.2) is 24.5 Å². The highest BCUT2D eigenvalue weighted by molar-refractivity contribution is 7.14. The van der Waals surface area contributed by atoms with Gasteiger partial charge in [-0.2, -0.15) is 0 Å². The number of aromatic amines is 1. The molecule has 1 amide bonds. The van der Waals surface area contributed by atoms with Gasteiger partial charge >= 0.3 is 0 Å². The number of pyridine rings is 1. The molecule has 0 aliphatic heterocycles. The van der Waals surface area contributed by atoms with Crippen molar-refractivity contribution in [2.24, 2.45) is 23.5 Å². The largest absolute Gasteiger partial charge is 0.378 e. The van der Waals surface area contributed by atoms with Crippen LogP contribution in [0.5, 0.6) is 0 Å². The number of primary amides is 1. The highest BCUT2D eigenvalue weighted by atomic mass is 35.5. The summed E-state index contributed by atoms with van der Waals surface area (Å²) in [6.45, 7) is 1.95. The Kier molecular flexibility index (Phi) is 3.73. The number of aryl methyl sites for hydroxylation is 1. The molecule has 0 saturated heterocycles. The Bertz CT molecular complexity index is 1090. The minimum atomic E-state index is -0.281. The van der Waals surface area contributed by atoms with E-state index in [9.17, 15) is 4.79 Å². The molecule has 3 heterocycles. The number of hydrogen-bond acceptors (Lipinski definition) is 6. The first kappa shape index (κ1) is 16.7. The van der Waals surface area contributed by atoms with Crippen LogP contribution in [0.1, 0.15) is 11.4 Å². The van der Waals surface area contributed by atoms with Crippen LogP contribution >= 0.6 is 22.9 Å². The smallest absolute Gasteiger partial charge is 0.223 e. The molecule has 0 spiro atoms. The molecule has 3 aromatic heterocycles. The average Bonchev–Trinajstić information content (AvgIpc) is 3.39. The third kappa shape index (κ3) is 2.62. The number of rotatable bonds is 4. The van der Waals surface area contributed by atoms with E-state index >= 15 is 0 Å². The van der Waals surface area contributed by atoms with Crippen LogP contribution in [0.4, 0.5) is 5.69 Å². The van der Waals surface area contributed by atoms with Gasteiger partial charge in [-0.05, 0) is 25.2 Å². The van der Waals surface area contributed by atoms with Crippen LogP contribution in [-0.4, -0.2) is 31.9 Å². The van der Waals surface area contributed by atoms with Gasteiger partial charge in [0.25, 0.3) is 0 Å². The van der Waals surface area contributed by atoms with Crippen molar-refractivity contribution in [2.45, 2.75) is 19.4 Å². The number of nitrogens with one attached hydrogen (secondary N) is 2. The van der Waals surface area contributed by atoms with Gasteiger partial charge < -0.3 is 16.0 Å². The summed E-state index contributed by atoms with van der Waals surface area (Å²) in [6, 6.07) is -0.0852. The van der Waals surface area contributed by atoms with Crippen molar-refractivity contribution in [3.63, 3.8) is 0 Å². The second-order valence-corrected chi connectivity index (χ2v) is 8.70. The third-order valence-electron chi connectivity index (χ3n) is 5.43. The lowest BCUT2D eigenvalue weighted by atomic mass is 9.88. The van der Waals surface area contributed by atoms with Crippen molar-refractivity contribution in [1.29, 1.82) is 0 Å². The van der Waals surface area contributed by atoms with E-state index < -0.39 is 0 Å². The summed E-state index contributed by atoms with van der Waals surface area (Å²) in [7, 11) is 0. The van der Waals surface area contributed by atoms with Crippen LogP contribution < -0.4 is 11.1 Å². The van der Waals surface area contributed by atoms with Crippen molar-refractivity contribution in [3.8, 4) is 10.7 Å². The number of imidazole rings is 1. The molecule has 2 bridgehead atoms. The first-order valence-electron chi connectivity index (χ1n) is 8.72. The normalized spacial score (nSPS) is 26.1. The molecule has 3 aromatic rings. The first-order chi connectivity index (χ1) is 13.0. The minimum Gasteiger partial charge on any atom is -0.378 e. The standard InChI is InChI=1S/C18H17ClN6OS/c1-7-21-6-11(27-7)17-24-15-14(10(19)5-22-18(15)25-17)23-13-9-3-2-8(4-9)12(13)16(20)26/h2-3,5-6,8-9,12-13H,4H2,1H3,(H2,20,26)(H2,22,23,24,25)/t8-,9-,12+,13-/m1/s1. The van der Waals surface area contributed by atoms with E-state index in [2.05, 4.69) is 37.4 Å². The van der Waals surface area contributed by atoms with Gasteiger partial charge in [0.2, 0.25) is 5.91 Å². The molecule has 4 atom stereocenters. The number of fused-ring (bicyclic) bond motifs is 3. The zero-order valence-electron chi connectivity index (χ0n) is 14.4. The Labute approximate surface area is 164 Å². The maximum Gasteiger partial charge on any atom is 0.223 e. The maximum atomic E-state index is 12.0. The SMILES string of the molecule is Cc1ncc(-c2nc3ncc(Cl)c(N[C@H]4[C@@H](C(N)=O)[C@@H]5C=C[C@@H]4C5)c3[nH]2)s1. The van der Waals surface area contributed by atoms with Crippen LogP contribution in [0.25, 0.3) is 21.9 Å². The van der Waals surface area contributed by atoms with Crippen LogP contribution in [0.2, 0.25) is 5.02 Å². The van der Waals surface area contributed by atoms with Gasteiger partial charge in [-0.25, -0.2) is 15.0 Å². The fraction of sp³-hybridized carbons (Fsp3) is 0.333. The number of nitrogens with zero attached hydrogens (tertiary/aromatic N) is 3. The van der Waals surface area contributed by atoms with Gasteiger partial charge in [-0.3, -0.25) is 4.79 Å². The zero-order valence-corrected chi connectivity index (χ0v) is 16.0. The van der Waals surface area contributed by atoms with Crippen molar-refractivity contribution in [2.75, 3.05) is 5.32 Å². The van der Waals surface area contributed by atoms with Gasteiger partial charge in [-0.15, -0.1) is 11.3 Å². The number of allylic oxidation sites excluding steroid dienone is 1. The average molecular weight is 401 g/mol. The van der Waals surface area contributed by atoms with E-state index in [1.165, 1.54) is 0 Å². The lowest BCUT2D eigenvalue weighted by Gasteiger charge is -2.28. The number of anilines is 1. The van der Waals surface area contributed by atoms with E-state index in [-0.39, 0.29) is 29.7 Å². The van der Waals surface area contributed by atoms with Gasteiger partial charge in [0.1, 0.15) is 5.52 Å². The number of carbonyl (C=O) groups excluding carboxylic acids is 1. The number of nitrogens with two attached hydrogens (primary N) is 1. The quantitative estimate of drug-likeness (QED) is 0.583. The Morgan fingerprint density at radius 3 is 2.89 bits per heavy atom. The molecule has 2 aliphatic rings. The van der Waals surface area contributed by atoms with Crippen molar-refractivity contribution in [1.82, 2.24) is 19.9 Å². The summed E-state index contributed by atoms with van der Waals surface area (Å²) in [5.74, 6) is 0.631. The lowest BCUT2D eigenvalue weighted by molar-refractivity contribution is -0.122. The van der Waals surface area contributed by atoms with E-state index in [0.717, 1.165) is 21.8 Å². The Morgan fingerprint density at radius 1 is 1.33 bits per heavy atom. The molecule has 2 aliphatic carbocycles. The van der Waals surface area contributed by atoms with E-state index in [0.29, 0.717) is 22.2 Å². The summed E-state index contributed by atoms with van der Waals surface area (Å²) in [4.78, 5) is 29.4. The monoisotopic (exact) mass is 400 g/mol. The number of halogens is 1. The topological polar surface area (TPSA) is 110 Å². The second-order valence-electron chi connectivity index (χ2n) is 7.06. The lowest BCUT2D eigenvalue weighted by Crippen LogP contribution is -2.41. The molecule has 0 unspecified atom stereocenters. The highest BCUT2D eigenvalue weighted by Gasteiger charge is 2.47. The Balaban J connectivity index is 1.56. The summed E-state index contributed by atoms with van der Waals surface area (Å²) >= 11 is 8.01. The van der Waals surface area contributed by atoms with Crippen molar-refractivity contribution >= 4 is 45.7 Å². The Hall–Kier alpha value is -2.45. The summed E-state index contributed by atoms with van der Waals surface area (Å²) < 4.78 is 0. The van der Waals surface area contributed by atoms with Gasteiger partial charge in [-0.1, -0.05) is 23.8 Å². The molecular weight excluding hydrogens is 384 g/mol. The molecule has 9 heteroatoms. The van der Waals surface area contributed by atoms with E-state index in [4.69, 9.17) is 17.3 Å². The first-order valence-corrected chi connectivity index (χ1v) is 9.92. The number of H-pyrrole nitrogens is 1. The molecule has 27 heavy (non-hydrogen) atoms. The molecule has 1 saturated carbocycles. The molecule has 138 valence electrons.